The summed E-state index contributed by atoms with van der Waals surface area (Å²) in [4.78, 5) is 12.3. The van der Waals surface area contributed by atoms with Gasteiger partial charge in [0.15, 0.2) is 0 Å². The molecule has 1 aliphatic rings. The van der Waals surface area contributed by atoms with Crippen LogP contribution in [-0.4, -0.2) is 19.0 Å². The topological polar surface area (TPSA) is 41.1 Å². The van der Waals surface area contributed by atoms with Crippen LogP contribution in [0.1, 0.15) is 54.9 Å². The summed E-state index contributed by atoms with van der Waals surface area (Å²) in [7, 11) is 0. The average molecular weight is 274 g/mol. The number of amides is 1. The number of rotatable bonds is 6. The van der Waals surface area contributed by atoms with Gasteiger partial charge in [-0.15, -0.1) is 0 Å². The Kier molecular flexibility index (Phi) is 5.45. The van der Waals surface area contributed by atoms with Crippen molar-refractivity contribution in [3.8, 4) is 0 Å². The zero-order valence-electron chi connectivity index (χ0n) is 12.7. The maximum atomic E-state index is 12.3. The van der Waals surface area contributed by atoms with Crippen molar-refractivity contribution in [3.63, 3.8) is 0 Å². The van der Waals surface area contributed by atoms with Gasteiger partial charge in [-0.3, -0.25) is 4.79 Å². The number of benzene rings is 1. The van der Waals surface area contributed by atoms with E-state index in [1.807, 2.05) is 12.1 Å². The third kappa shape index (κ3) is 3.99. The van der Waals surface area contributed by atoms with E-state index in [1.54, 1.807) is 0 Å². The lowest BCUT2D eigenvalue weighted by Crippen LogP contribution is -2.29. The maximum absolute atomic E-state index is 12.3. The number of carbonyl (C=O) groups is 1. The molecular formula is C17H26N2O. The predicted octanol–water partition coefficient (Wildman–Crippen LogP) is 3.74. The molecule has 1 aromatic rings. The smallest absolute Gasteiger partial charge is 0.253 e. The molecule has 110 valence electrons. The fourth-order valence-electron chi connectivity index (χ4n) is 2.81. The lowest BCUT2D eigenvalue weighted by Gasteiger charge is -2.14. The van der Waals surface area contributed by atoms with Gasteiger partial charge in [0, 0.05) is 18.8 Å². The van der Waals surface area contributed by atoms with Crippen molar-refractivity contribution in [3.05, 3.63) is 29.3 Å². The van der Waals surface area contributed by atoms with Crippen LogP contribution in [0.5, 0.6) is 0 Å². The molecule has 1 fully saturated rings. The quantitative estimate of drug-likeness (QED) is 0.829. The van der Waals surface area contributed by atoms with Crippen LogP contribution in [0.2, 0.25) is 0 Å². The molecule has 0 aromatic heterocycles. The van der Waals surface area contributed by atoms with E-state index in [4.69, 9.17) is 0 Å². The van der Waals surface area contributed by atoms with E-state index in [0.29, 0.717) is 5.92 Å². The highest BCUT2D eigenvalue weighted by atomic mass is 16.1. The highest BCUT2D eigenvalue weighted by Gasteiger charge is 2.17. The van der Waals surface area contributed by atoms with Gasteiger partial charge in [-0.05, 0) is 49.8 Å². The first-order valence-corrected chi connectivity index (χ1v) is 7.83. The summed E-state index contributed by atoms with van der Waals surface area (Å²) in [5, 5.41) is 6.45. The van der Waals surface area contributed by atoms with Gasteiger partial charge >= 0.3 is 0 Å². The van der Waals surface area contributed by atoms with Crippen molar-refractivity contribution in [1.82, 2.24) is 5.32 Å². The highest BCUT2D eigenvalue weighted by Crippen LogP contribution is 2.24. The summed E-state index contributed by atoms with van der Waals surface area (Å²) in [6.45, 7) is 5.90. The second kappa shape index (κ2) is 7.32. The molecule has 1 aromatic carbocycles. The van der Waals surface area contributed by atoms with E-state index in [9.17, 15) is 4.79 Å². The van der Waals surface area contributed by atoms with Gasteiger partial charge in [-0.1, -0.05) is 25.8 Å². The minimum Gasteiger partial charge on any atom is -0.384 e. The molecule has 0 saturated heterocycles. The molecule has 2 rings (SSSR count). The molecule has 20 heavy (non-hydrogen) atoms. The first kappa shape index (κ1) is 14.9. The normalized spacial score (nSPS) is 15.3. The van der Waals surface area contributed by atoms with Crippen LogP contribution in [-0.2, 0) is 0 Å². The predicted molar refractivity (Wildman–Crippen MR) is 84.3 cm³/mol. The lowest BCUT2D eigenvalue weighted by atomic mass is 10.1. The molecule has 3 heteroatoms. The van der Waals surface area contributed by atoms with Crippen LogP contribution >= 0.6 is 0 Å². The third-order valence-corrected chi connectivity index (χ3v) is 4.01. The van der Waals surface area contributed by atoms with Gasteiger partial charge in [0.1, 0.15) is 0 Å². The van der Waals surface area contributed by atoms with Crippen LogP contribution < -0.4 is 10.6 Å². The van der Waals surface area contributed by atoms with Crippen molar-refractivity contribution in [2.24, 2.45) is 5.92 Å². The van der Waals surface area contributed by atoms with Crippen LogP contribution in [0.15, 0.2) is 18.2 Å². The van der Waals surface area contributed by atoms with Crippen molar-refractivity contribution >= 4 is 11.6 Å². The number of carbonyl (C=O) groups excluding carboxylic acids is 1. The monoisotopic (exact) mass is 274 g/mol. The van der Waals surface area contributed by atoms with Gasteiger partial charge in [-0.25, -0.2) is 0 Å². The third-order valence-electron chi connectivity index (χ3n) is 4.01. The molecule has 0 unspecified atom stereocenters. The van der Waals surface area contributed by atoms with E-state index < -0.39 is 0 Å². The number of hydrogen-bond donors (Lipinski definition) is 2. The number of anilines is 1. The van der Waals surface area contributed by atoms with Gasteiger partial charge in [0.2, 0.25) is 0 Å². The maximum Gasteiger partial charge on any atom is 0.253 e. The minimum absolute atomic E-state index is 0.0514. The molecule has 3 nitrogen and oxygen atoms in total. The van der Waals surface area contributed by atoms with E-state index in [1.165, 1.54) is 31.2 Å². The summed E-state index contributed by atoms with van der Waals surface area (Å²) in [5.41, 5.74) is 2.90. The molecule has 0 aliphatic heterocycles. The molecule has 0 spiro atoms. The van der Waals surface area contributed by atoms with Crippen molar-refractivity contribution < 1.29 is 4.79 Å². The summed E-state index contributed by atoms with van der Waals surface area (Å²) >= 11 is 0. The fraction of sp³-hybridized carbons (Fsp3) is 0.588. The first-order valence-electron chi connectivity index (χ1n) is 7.83. The van der Waals surface area contributed by atoms with Crippen LogP contribution in [0.25, 0.3) is 0 Å². The second-order valence-corrected chi connectivity index (χ2v) is 5.84. The van der Waals surface area contributed by atoms with Crippen molar-refractivity contribution in [2.75, 3.05) is 18.4 Å². The second-order valence-electron chi connectivity index (χ2n) is 5.84. The minimum atomic E-state index is 0.0514. The fourth-order valence-corrected chi connectivity index (χ4v) is 2.81. The molecule has 2 N–H and O–H groups in total. The van der Waals surface area contributed by atoms with E-state index in [2.05, 4.69) is 30.5 Å². The molecule has 0 atom stereocenters. The number of aryl methyl sites for hydroxylation is 1. The molecule has 1 amide bonds. The van der Waals surface area contributed by atoms with Crippen LogP contribution in [0, 0.1) is 12.8 Å². The Labute approximate surface area is 122 Å². The van der Waals surface area contributed by atoms with Gasteiger partial charge in [0.25, 0.3) is 5.91 Å². The molecular weight excluding hydrogens is 248 g/mol. The Balaban J connectivity index is 1.99. The Hall–Kier alpha value is -1.51. The Bertz CT molecular complexity index is 450. The lowest BCUT2D eigenvalue weighted by molar-refractivity contribution is 0.0948. The molecule has 1 aliphatic carbocycles. The van der Waals surface area contributed by atoms with Crippen molar-refractivity contribution in [1.29, 1.82) is 0 Å². The zero-order valence-corrected chi connectivity index (χ0v) is 12.7. The van der Waals surface area contributed by atoms with E-state index in [0.717, 1.165) is 30.8 Å². The van der Waals surface area contributed by atoms with Gasteiger partial charge in [-0.2, -0.15) is 0 Å². The number of nitrogens with one attached hydrogen (secondary N) is 2. The summed E-state index contributed by atoms with van der Waals surface area (Å²) in [6.07, 6.45) is 6.20. The Morgan fingerprint density at radius 1 is 1.30 bits per heavy atom. The summed E-state index contributed by atoms with van der Waals surface area (Å²) in [5.74, 6) is 0.729. The SMILES string of the molecule is CCCNc1cc(C)ccc1C(=O)NCC1CCCC1. The van der Waals surface area contributed by atoms with Crippen LogP contribution in [0.4, 0.5) is 5.69 Å². The van der Waals surface area contributed by atoms with E-state index in [-0.39, 0.29) is 5.91 Å². The molecule has 1 saturated carbocycles. The van der Waals surface area contributed by atoms with Crippen molar-refractivity contribution in [2.45, 2.75) is 46.0 Å². The highest BCUT2D eigenvalue weighted by molar-refractivity contribution is 5.99. The molecule has 0 radical (unpaired) electrons. The van der Waals surface area contributed by atoms with Crippen LogP contribution in [0.3, 0.4) is 0 Å². The standard InChI is InChI=1S/C17H26N2O/c1-3-10-18-16-11-13(2)8-9-15(16)17(20)19-12-14-6-4-5-7-14/h8-9,11,14,18H,3-7,10,12H2,1-2H3,(H,19,20). The Morgan fingerprint density at radius 3 is 2.75 bits per heavy atom. The largest absolute Gasteiger partial charge is 0.384 e. The average Bonchev–Trinajstić information content (AvgIpc) is 2.96. The zero-order chi connectivity index (χ0) is 14.4. The Morgan fingerprint density at radius 2 is 2.05 bits per heavy atom. The van der Waals surface area contributed by atoms with Gasteiger partial charge in [0.05, 0.1) is 5.56 Å². The number of hydrogen-bond acceptors (Lipinski definition) is 2. The van der Waals surface area contributed by atoms with Gasteiger partial charge < -0.3 is 10.6 Å². The first-order chi connectivity index (χ1) is 9.70. The summed E-state index contributed by atoms with van der Waals surface area (Å²) in [6, 6.07) is 5.99. The molecule has 0 heterocycles. The van der Waals surface area contributed by atoms with E-state index >= 15 is 0 Å². The molecule has 0 bridgehead atoms. The summed E-state index contributed by atoms with van der Waals surface area (Å²) < 4.78 is 0.